The number of aliphatic hydroxyl groups excluding tert-OH is 1. The Balaban J connectivity index is 3.05. The number of rotatable bonds is 7. The fourth-order valence-electron chi connectivity index (χ4n) is 1.65. The summed E-state index contributed by atoms with van der Waals surface area (Å²) in [7, 11) is -3.62. The Morgan fingerprint density at radius 1 is 1.28 bits per heavy atom. The number of sulfonamides is 1. The van der Waals surface area contributed by atoms with E-state index in [2.05, 4.69) is 0 Å². The molecule has 0 fully saturated rings. The van der Waals surface area contributed by atoms with Gasteiger partial charge < -0.3 is 10.8 Å². The molecule has 0 amide bonds. The van der Waals surface area contributed by atoms with Crippen molar-refractivity contribution in [3.8, 4) is 0 Å². The monoisotopic (exact) mass is 272 g/mol. The zero-order valence-corrected chi connectivity index (χ0v) is 11.4. The van der Waals surface area contributed by atoms with Gasteiger partial charge in [-0.2, -0.15) is 4.31 Å². The molecule has 5 nitrogen and oxygen atoms in total. The van der Waals surface area contributed by atoms with Crippen LogP contribution in [0.15, 0.2) is 29.2 Å². The van der Waals surface area contributed by atoms with Crippen LogP contribution in [0, 0.1) is 0 Å². The molecular formula is C12H20N2O3S. The number of anilines is 1. The van der Waals surface area contributed by atoms with Gasteiger partial charge in [0.15, 0.2) is 0 Å². The predicted octanol–water partition coefficient (Wildman–Crippen LogP) is 1.05. The van der Waals surface area contributed by atoms with E-state index in [4.69, 9.17) is 10.8 Å². The highest BCUT2D eigenvalue weighted by Gasteiger charge is 2.25. The molecule has 0 saturated carbocycles. The fraction of sp³-hybridized carbons (Fsp3) is 0.500. The lowest BCUT2D eigenvalue weighted by molar-refractivity contribution is 0.252. The number of benzene rings is 1. The lowest BCUT2D eigenvalue weighted by Gasteiger charge is -2.21. The van der Waals surface area contributed by atoms with E-state index in [1.165, 1.54) is 10.4 Å². The SMILES string of the molecule is CCCCN(CCO)S(=O)(=O)c1ccccc1N. The van der Waals surface area contributed by atoms with Crippen molar-refractivity contribution >= 4 is 15.7 Å². The maximum absolute atomic E-state index is 12.4. The van der Waals surface area contributed by atoms with Gasteiger partial charge in [-0.1, -0.05) is 25.5 Å². The summed E-state index contributed by atoms with van der Waals surface area (Å²) in [6.45, 7) is 2.28. The van der Waals surface area contributed by atoms with Crippen LogP contribution in [0.3, 0.4) is 0 Å². The molecule has 0 aromatic heterocycles. The normalized spacial score (nSPS) is 11.9. The van der Waals surface area contributed by atoms with Crippen molar-refractivity contribution < 1.29 is 13.5 Å². The topological polar surface area (TPSA) is 83.6 Å². The largest absolute Gasteiger partial charge is 0.398 e. The zero-order valence-electron chi connectivity index (χ0n) is 10.5. The van der Waals surface area contributed by atoms with Crippen molar-refractivity contribution in [3.05, 3.63) is 24.3 Å². The molecule has 3 N–H and O–H groups in total. The van der Waals surface area contributed by atoms with Gasteiger partial charge in [0.2, 0.25) is 10.0 Å². The van der Waals surface area contributed by atoms with Crippen LogP contribution < -0.4 is 5.73 Å². The average molecular weight is 272 g/mol. The van der Waals surface area contributed by atoms with Gasteiger partial charge >= 0.3 is 0 Å². The standard InChI is InChI=1S/C12H20N2O3S/c1-2-3-8-14(9-10-15)18(16,17)12-7-5-4-6-11(12)13/h4-7,15H,2-3,8-10,13H2,1H3. The third-order valence-corrected chi connectivity index (χ3v) is 4.62. The van der Waals surface area contributed by atoms with Crippen LogP contribution >= 0.6 is 0 Å². The van der Waals surface area contributed by atoms with E-state index in [9.17, 15) is 8.42 Å². The maximum Gasteiger partial charge on any atom is 0.245 e. The number of hydrogen-bond donors (Lipinski definition) is 2. The Bertz CT molecular complexity index is 474. The molecule has 102 valence electrons. The van der Waals surface area contributed by atoms with Crippen LogP contribution in [0.1, 0.15) is 19.8 Å². The summed E-state index contributed by atoms with van der Waals surface area (Å²) >= 11 is 0. The van der Waals surface area contributed by atoms with Crippen molar-refractivity contribution in [1.29, 1.82) is 0 Å². The summed E-state index contributed by atoms with van der Waals surface area (Å²) in [6.07, 6.45) is 1.65. The van der Waals surface area contributed by atoms with E-state index in [1.807, 2.05) is 6.92 Å². The lowest BCUT2D eigenvalue weighted by atomic mass is 10.3. The summed E-state index contributed by atoms with van der Waals surface area (Å²) in [4.78, 5) is 0.106. The van der Waals surface area contributed by atoms with Crippen molar-refractivity contribution in [2.24, 2.45) is 0 Å². The quantitative estimate of drug-likeness (QED) is 0.727. The van der Waals surface area contributed by atoms with Gasteiger partial charge in [0.25, 0.3) is 0 Å². The third kappa shape index (κ3) is 3.44. The van der Waals surface area contributed by atoms with Crippen LogP contribution in [0.4, 0.5) is 5.69 Å². The molecule has 0 aliphatic heterocycles. The summed E-state index contributed by atoms with van der Waals surface area (Å²) in [5, 5.41) is 8.98. The fourth-order valence-corrected chi connectivity index (χ4v) is 3.24. The van der Waals surface area contributed by atoms with Crippen LogP contribution in [-0.4, -0.2) is 37.5 Å². The Morgan fingerprint density at radius 3 is 2.50 bits per heavy atom. The number of unbranched alkanes of at least 4 members (excludes halogenated alkanes) is 1. The van der Waals surface area contributed by atoms with Crippen LogP contribution in [-0.2, 0) is 10.0 Å². The molecule has 0 atom stereocenters. The summed E-state index contributed by atoms with van der Waals surface area (Å²) in [6, 6.07) is 6.38. The molecule has 1 aromatic rings. The Hall–Kier alpha value is -1.11. The average Bonchev–Trinajstić information content (AvgIpc) is 2.34. The molecule has 1 rings (SSSR count). The highest BCUT2D eigenvalue weighted by Crippen LogP contribution is 2.21. The molecule has 1 aromatic carbocycles. The number of para-hydroxylation sites is 1. The number of nitrogens with zero attached hydrogens (tertiary/aromatic N) is 1. The molecule has 6 heteroatoms. The summed E-state index contributed by atoms with van der Waals surface area (Å²) in [5.74, 6) is 0. The van der Waals surface area contributed by atoms with E-state index in [0.29, 0.717) is 6.54 Å². The van der Waals surface area contributed by atoms with Gasteiger partial charge in [-0.3, -0.25) is 0 Å². The van der Waals surface area contributed by atoms with Crippen molar-refractivity contribution in [3.63, 3.8) is 0 Å². The molecule has 0 aliphatic rings. The number of nitrogen functional groups attached to an aromatic ring is 1. The first-order valence-corrected chi connectivity index (χ1v) is 7.43. The number of aliphatic hydroxyl groups is 1. The molecular weight excluding hydrogens is 252 g/mol. The van der Waals surface area contributed by atoms with Gasteiger partial charge in [-0.25, -0.2) is 8.42 Å². The molecule has 0 spiro atoms. The Labute approximate surface area is 108 Å². The maximum atomic E-state index is 12.4. The molecule has 0 aliphatic carbocycles. The van der Waals surface area contributed by atoms with E-state index in [1.54, 1.807) is 18.2 Å². The Morgan fingerprint density at radius 2 is 1.94 bits per heavy atom. The van der Waals surface area contributed by atoms with Gasteiger partial charge in [0.05, 0.1) is 12.3 Å². The van der Waals surface area contributed by atoms with Crippen molar-refractivity contribution in [2.45, 2.75) is 24.7 Å². The zero-order chi connectivity index (χ0) is 13.6. The van der Waals surface area contributed by atoms with Crippen LogP contribution in [0.25, 0.3) is 0 Å². The minimum Gasteiger partial charge on any atom is -0.398 e. The number of hydrogen-bond acceptors (Lipinski definition) is 4. The highest BCUT2D eigenvalue weighted by molar-refractivity contribution is 7.89. The molecule has 0 unspecified atom stereocenters. The minimum absolute atomic E-state index is 0.0939. The van der Waals surface area contributed by atoms with E-state index in [0.717, 1.165) is 12.8 Å². The predicted molar refractivity (Wildman–Crippen MR) is 71.6 cm³/mol. The van der Waals surface area contributed by atoms with Crippen molar-refractivity contribution in [1.82, 2.24) is 4.31 Å². The Kier molecular flexibility index (Phi) is 5.58. The molecule has 0 bridgehead atoms. The van der Waals surface area contributed by atoms with Crippen LogP contribution in [0.2, 0.25) is 0 Å². The summed E-state index contributed by atoms with van der Waals surface area (Å²) in [5.41, 5.74) is 5.93. The summed E-state index contributed by atoms with van der Waals surface area (Å²) < 4.78 is 26.0. The molecule has 18 heavy (non-hydrogen) atoms. The van der Waals surface area contributed by atoms with Gasteiger partial charge in [-0.15, -0.1) is 0 Å². The number of nitrogens with two attached hydrogens (primary N) is 1. The van der Waals surface area contributed by atoms with Gasteiger partial charge in [0.1, 0.15) is 4.90 Å². The van der Waals surface area contributed by atoms with E-state index >= 15 is 0 Å². The van der Waals surface area contributed by atoms with Crippen molar-refractivity contribution in [2.75, 3.05) is 25.4 Å². The molecule has 0 saturated heterocycles. The first kappa shape index (κ1) is 14.9. The molecule has 0 heterocycles. The second-order valence-corrected chi connectivity index (χ2v) is 5.93. The molecule has 0 radical (unpaired) electrons. The van der Waals surface area contributed by atoms with Gasteiger partial charge in [0, 0.05) is 13.1 Å². The van der Waals surface area contributed by atoms with E-state index in [-0.39, 0.29) is 23.7 Å². The highest BCUT2D eigenvalue weighted by atomic mass is 32.2. The van der Waals surface area contributed by atoms with Gasteiger partial charge in [-0.05, 0) is 18.6 Å². The first-order chi connectivity index (χ1) is 8.54. The second-order valence-electron chi connectivity index (χ2n) is 4.02. The van der Waals surface area contributed by atoms with E-state index < -0.39 is 10.0 Å². The van der Waals surface area contributed by atoms with Crippen LogP contribution in [0.5, 0.6) is 0 Å². The smallest absolute Gasteiger partial charge is 0.245 e. The third-order valence-electron chi connectivity index (χ3n) is 2.65. The minimum atomic E-state index is -3.62. The second kappa shape index (κ2) is 6.72. The first-order valence-electron chi connectivity index (χ1n) is 5.99. The lowest BCUT2D eigenvalue weighted by Crippen LogP contribution is -2.34.